The average molecular weight is 762 g/mol. The molecule has 2 aliphatic carbocycles. The predicted octanol–water partition coefficient (Wildman–Crippen LogP) is 3.85. The summed E-state index contributed by atoms with van der Waals surface area (Å²) in [6.07, 6.45) is 6.31. The number of carbonyl (C=O) groups is 3. The lowest BCUT2D eigenvalue weighted by atomic mass is 9.62. The van der Waals surface area contributed by atoms with Gasteiger partial charge in [0, 0.05) is 30.6 Å². The van der Waals surface area contributed by atoms with Crippen LogP contribution in [0.25, 0.3) is 6.08 Å². The molecule has 3 aromatic rings. The number of hydrogen-bond acceptors (Lipinski definition) is 10. The van der Waals surface area contributed by atoms with E-state index >= 15 is 4.79 Å². The summed E-state index contributed by atoms with van der Waals surface area (Å²) in [5.41, 5.74) is 2.01. The second-order valence-corrected chi connectivity index (χ2v) is 16.3. The van der Waals surface area contributed by atoms with E-state index in [9.17, 15) is 14.7 Å². The molecule has 3 aromatic carbocycles. The van der Waals surface area contributed by atoms with E-state index in [0.717, 1.165) is 41.5 Å². The Balaban J connectivity index is 1.04. The van der Waals surface area contributed by atoms with Crippen molar-refractivity contribution in [3.8, 4) is 0 Å². The van der Waals surface area contributed by atoms with Crippen molar-refractivity contribution in [2.75, 3.05) is 19.7 Å². The zero-order valence-electron chi connectivity index (χ0n) is 31.1. The Bertz CT molecular complexity index is 1970. The summed E-state index contributed by atoms with van der Waals surface area (Å²) in [6, 6.07) is 25.5. The van der Waals surface area contributed by atoms with Crippen LogP contribution in [0.3, 0.4) is 0 Å². The molecule has 0 aromatic heterocycles. The monoisotopic (exact) mass is 761 g/mol. The maximum atomic E-state index is 15.5. The molecule has 56 heavy (non-hydrogen) atoms. The molecule has 2 N–H and O–H groups in total. The minimum absolute atomic E-state index is 0.0819. The number of nitrogens with zero attached hydrogens (tertiary/aromatic N) is 2. The number of likely N-dealkylation sites (tertiary alicyclic amines) is 1. The van der Waals surface area contributed by atoms with Crippen molar-refractivity contribution in [2.45, 2.75) is 99.6 Å². The van der Waals surface area contributed by atoms with E-state index in [0.29, 0.717) is 37.5 Å². The molecule has 5 saturated heterocycles. The number of epoxide rings is 1. The quantitative estimate of drug-likeness (QED) is 0.232. The molecular weight excluding hydrogens is 714 g/mol. The number of esters is 1. The molecule has 10 unspecified atom stereocenters. The van der Waals surface area contributed by atoms with E-state index in [4.69, 9.17) is 23.8 Å². The Kier molecular flexibility index (Phi) is 9.11. The van der Waals surface area contributed by atoms with E-state index in [1.54, 1.807) is 9.96 Å². The summed E-state index contributed by atoms with van der Waals surface area (Å²) in [5, 5.41) is 13.8. The first-order valence-electron chi connectivity index (χ1n) is 20.1. The number of aliphatic hydroxyl groups excluding tert-OH is 1. The van der Waals surface area contributed by atoms with Crippen LogP contribution in [0, 0.1) is 11.3 Å². The maximum Gasteiger partial charge on any atom is 0.327 e. The lowest BCUT2D eigenvalue weighted by molar-refractivity contribution is -0.214. The molecule has 0 spiro atoms. The molecule has 0 radical (unpaired) electrons. The fourth-order valence-electron chi connectivity index (χ4n) is 10.4. The van der Waals surface area contributed by atoms with Crippen LogP contribution in [-0.4, -0.2) is 101 Å². The average Bonchev–Trinajstić information content (AvgIpc) is 3.51. The van der Waals surface area contributed by atoms with Gasteiger partial charge in [-0.25, -0.2) is 0 Å². The van der Waals surface area contributed by atoms with Gasteiger partial charge in [0.25, 0.3) is 0 Å². The van der Waals surface area contributed by atoms with E-state index in [1.807, 2.05) is 78.9 Å². The Labute approximate surface area is 325 Å². The van der Waals surface area contributed by atoms with Gasteiger partial charge in [-0.15, -0.1) is 0 Å². The van der Waals surface area contributed by atoms with Gasteiger partial charge in [-0.2, -0.15) is 5.06 Å². The summed E-state index contributed by atoms with van der Waals surface area (Å²) in [5.74, 6) is -2.17. The number of benzene rings is 3. The summed E-state index contributed by atoms with van der Waals surface area (Å²) in [7, 11) is 0. The molecule has 2 bridgehead atoms. The largest absolute Gasteiger partial charge is 0.458 e. The molecule has 5 aliphatic heterocycles. The molecule has 292 valence electrons. The summed E-state index contributed by atoms with van der Waals surface area (Å²) in [6.45, 7) is 0.422. The third kappa shape index (κ3) is 5.83. The van der Waals surface area contributed by atoms with Crippen molar-refractivity contribution in [1.29, 1.82) is 0 Å². The van der Waals surface area contributed by atoms with Crippen molar-refractivity contribution >= 4 is 23.9 Å². The van der Waals surface area contributed by atoms with Gasteiger partial charge >= 0.3 is 5.97 Å². The molecular formula is C44H47N3O9. The number of carbonyl (C=O) groups excluding carboxylic acids is 3. The van der Waals surface area contributed by atoms with Crippen LogP contribution in [-0.2, 0) is 50.5 Å². The highest BCUT2D eigenvalue weighted by Crippen LogP contribution is 2.60. The minimum Gasteiger partial charge on any atom is -0.458 e. The van der Waals surface area contributed by atoms with E-state index in [2.05, 4.69) is 23.5 Å². The van der Waals surface area contributed by atoms with Crippen LogP contribution in [0.2, 0.25) is 0 Å². The molecule has 10 rings (SSSR count). The van der Waals surface area contributed by atoms with Crippen molar-refractivity contribution in [2.24, 2.45) is 11.3 Å². The van der Waals surface area contributed by atoms with Crippen molar-refractivity contribution in [1.82, 2.24) is 15.3 Å². The van der Waals surface area contributed by atoms with E-state index in [-0.39, 0.29) is 37.9 Å². The normalized spacial score (nSPS) is 35.2. The fraction of sp³-hybridized carbons (Fsp3) is 0.477. The van der Waals surface area contributed by atoms with Crippen molar-refractivity contribution < 1.29 is 43.3 Å². The third-order valence-electron chi connectivity index (χ3n) is 13.1. The van der Waals surface area contributed by atoms with Crippen LogP contribution in [0.1, 0.15) is 60.8 Å². The fourth-order valence-corrected chi connectivity index (χ4v) is 10.4. The topological polar surface area (TPSA) is 139 Å². The van der Waals surface area contributed by atoms with Crippen LogP contribution >= 0.6 is 0 Å². The molecule has 7 fully saturated rings. The number of rotatable bonds is 10. The van der Waals surface area contributed by atoms with Crippen molar-refractivity contribution in [3.05, 3.63) is 113 Å². The highest BCUT2D eigenvalue weighted by Gasteiger charge is 2.77. The van der Waals surface area contributed by atoms with Gasteiger partial charge in [0.05, 0.1) is 25.4 Å². The Morgan fingerprint density at radius 3 is 2.36 bits per heavy atom. The van der Waals surface area contributed by atoms with E-state index in [1.165, 1.54) is 0 Å². The number of hydroxylamine groups is 2. The van der Waals surface area contributed by atoms with Crippen LogP contribution in [0.4, 0.5) is 0 Å². The predicted molar refractivity (Wildman–Crippen MR) is 201 cm³/mol. The smallest absolute Gasteiger partial charge is 0.327 e. The van der Waals surface area contributed by atoms with Gasteiger partial charge in [-0.05, 0) is 49.1 Å². The van der Waals surface area contributed by atoms with Crippen LogP contribution in [0.15, 0.2) is 91.0 Å². The molecule has 5 heterocycles. The summed E-state index contributed by atoms with van der Waals surface area (Å²) >= 11 is 0. The van der Waals surface area contributed by atoms with Crippen LogP contribution < -0.4 is 5.32 Å². The van der Waals surface area contributed by atoms with Gasteiger partial charge in [0.2, 0.25) is 17.6 Å². The number of fused-ring (bicyclic) bond motifs is 5. The molecule has 12 nitrogen and oxygen atoms in total. The van der Waals surface area contributed by atoms with E-state index < -0.39 is 53.7 Å². The summed E-state index contributed by atoms with van der Waals surface area (Å²) in [4.78, 5) is 52.0. The van der Waals surface area contributed by atoms with Gasteiger partial charge in [-0.3, -0.25) is 19.2 Å². The zero-order valence-corrected chi connectivity index (χ0v) is 31.1. The molecule has 12 heteroatoms. The van der Waals surface area contributed by atoms with Gasteiger partial charge in [0.15, 0.2) is 6.04 Å². The number of amides is 2. The number of hydrogen-bond donors (Lipinski definition) is 2. The minimum atomic E-state index is -1.44. The first-order valence-corrected chi connectivity index (χ1v) is 20.1. The Morgan fingerprint density at radius 2 is 1.61 bits per heavy atom. The highest BCUT2D eigenvalue weighted by atomic mass is 16.8. The highest BCUT2D eigenvalue weighted by molar-refractivity contribution is 5.96. The lowest BCUT2D eigenvalue weighted by Gasteiger charge is -2.50. The molecule has 7 aliphatic rings. The van der Waals surface area contributed by atoms with Crippen molar-refractivity contribution in [3.63, 3.8) is 0 Å². The first-order chi connectivity index (χ1) is 27.4. The second kappa shape index (κ2) is 14.2. The number of aliphatic hydroxyl groups is 1. The maximum absolute atomic E-state index is 15.5. The standard InChI is InChI=1S/C44H47N3O9/c48-23-21-45-40(49)32-16-9-22-46(32)42(51)43-25-35-36-37(55-44(54-36,30-12-3-1-4-13-30)31-14-5-2-6-15-31)39(43)56-47(38(43)41(50)53-35)26-29-11-8-7-10-28(29)19-17-27-18-20-33-34(24-27)52-33/h1-8,10-15,17,19,27,32-39,48H,9,16,18,20-26H2,(H,45,49). The number of ether oxygens (including phenoxy) is 4. The molecule has 2 amide bonds. The SMILES string of the molecule is O=C(NCCO)C1CCCN1C(=O)C12CC3OC(=O)C1N(Cc1ccccc1C=CC1CCC4OC4C1)OC2C1OC(c2ccccc2)(c2ccccc2)OC31. The molecule has 2 saturated carbocycles. The summed E-state index contributed by atoms with van der Waals surface area (Å²) < 4.78 is 26.2. The second-order valence-electron chi connectivity index (χ2n) is 16.3. The first kappa shape index (κ1) is 35.9. The third-order valence-corrected chi connectivity index (χ3v) is 13.1. The van der Waals surface area contributed by atoms with Gasteiger partial charge < -0.3 is 34.3 Å². The lowest BCUT2D eigenvalue weighted by Crippen LogP contribution is -2.70. The number of nitrogens with one attached hydrogen (secondary N) is 1. The Hall–Kier alpha value is -4.43. The molecule has 10 atom stereocenters. The number of allylic oxidation sites excluding steroid dienone is 1. The van der Waals surface area contributed by atoms with Crippen LogP contribution in [0.5, 0.6) is 0 Å². The Morgan fingerprint density at radius 1 is 0.875 bits per heavy atom. The van der Waals surface area contributed by atoms with Gasteiger partial charge in [-0.1, -0.05) is 97.1 Å². The zero-order chi connectivity index (χ0) is 38.0. The van der Waals surface area contributed by atoms with Gasteiger partial charge in [0.1, 0.15) is 35.9 Å².